The summed E-state index contributed by atoms with van der Waals surface area (Å²) in [5.41, 5.74) is 6.77. The van der Waals surface area contributed by atoms with Crippen LogP contribution in [0.5, 0.6) is 0 Å². The molecule has 2 aromatic rings. The maximum atomic E-state index is 12.1. The van der Waals surface area contributed by atoms with Gasteiger partial charge >= 0.3 is 0 Å². The first-order chi connectivity index (χ1) is 8.58. The van der Waals surface area contributed by atoms with Gasteiger partial charge in [0, 0.05) is 22.7 Å². The number of nitrogens with zero attached hydrogens (tertiary/aromatic N) is 1. The zero-order chi connectivity index (χ0) is 13.1. The predicted molar refractivity (Wildman–Crippen MR) is 73.1 cm³/mol. The van der Waals surface area contributed by atoms with E-state index in [1.807, 2.05) is 0 Å². The number of benzene rings is 1. The quantitative estimate of drug-likeness (QED) is 0.877. The van der Waals surface area contributed by atoms with Gasteiger partial charge in [0.05, 0.1) is 5.56 Å². The van der Waals surface area contributed by atoms with Gasteiger partial charge in [-0.25, -0.2) is 4.98 Å². The van der Waals surface area contributed by atoms with Gasteiger partial charge in [-0.15, -0.1) is 0 Å². The molecule has 0 spiro atoms. The molecule has 0 saturated carbocycles. The van der Waals surface area contributed by atoms with Crippen molar-refractivity contribution in [1.82, 2.24) is 4.98 Å². The van der Waals surface area contributed by atoms with E-state index in [2.05, 4.69) is 4.98 Å². The predicted octanol–water partition coefficient (Wildman–Crippen LogP) is 3.40. The molecule has 3 nitrogen and oxygen atoms in total. The minimum absolute atomic E-state index is 0.121. The van der Waals surface area contributed by atoms with Gasteiger partial charge in [-0.05, 0) is 29.8 Å². The summed E-state index contributed by atoms with van der Waals surface area (Å²) < 4.78 is 0. The van der Waals surface area contributed by atoms with Gasteiger partial charge in [0.1, 0.15) is 5.82 Å². The van der Waals surface area contributed by atoms with Crippen molar-refractivity contribution in [3.63, 3.8) is 0 Å². The van der Waals surface area contributed by atoms with Gasteiger partial charge in [0.25, 0.3) is 0 Å². The molecule has 0 aliphatic heterocycles. The molecule has 1 heterocycles. The first-order valence-corrected chi connectivity index (χ1v) is 6.01. The molecular weight excluding hydrogens is 271 g/mol. The highest BCUT2D eigenvalue weighted by molar-refractivity contribution is 6.35. The molecule has 18 heavy (non-hydrogen) atoms. The van der Waals surface area contributed by atoms with Gasteiger partial charge in [-0.3, -0.25) is 4.79 Å². The van der Waals surface area contributed by atoms with Gasteiger partial charge < -0.3 is 5.73 Å². The lowest BCUT2D eigenvalue weighted by Crippen LogP contribution is -2.08. The van der Waals surface area contributed by atoms with Crippen LogP contribution in [-0.4, -0.2) is 10.8 Å². The molecule has 2 N–H and O–H groups in total. The number of carbonyl (C=O) groups is 1. The Kier molecular flexibility index (Phi) is 3.84. The molecule has 1 aromatic heterocycles. The summed E-state index contributed by atoms with van der Waals surface area (Å²) in [7, 11) is 0. The van der Waals surface area contributed by atoms with E-state index in [0.29, 0.717) is 21.2 Å². The third kappa shape index (κ3) is 2.81. The molecule has 0 saturated heterocycles. The topological polar surface area (TPSA) is 56.0 Å². The molecule has 5 heteroatoms. The molecule has 1 aromatic carbocycles. The van der Waals surface area contributed by atoms with E-state index >= 15 is 0 Å². The molecule has 92 valence electrons. The maximum Gasteiger partial charge on any atom is 0.170 e. The van der Waals surface area contributed by atoms with Crippen LogP contribution in [0.15, 0.2) is 36.5 Å². The summed E-state index contributed by atoms with van der Waals surface area (Å²) >= 11 is 11.8. The fourth-order valence-corrected chi connectivity index (χ4v) is 2.06. The van der Waals surface area contributed by atoms with Crippen molar-refractivity contribution in [2.75, 3.05) is 5.73 Å². The van der Waals surface area contributed by atoms with Crippen LogP contribution in [0, 0.1) is 0 Å². The van der Waals surface area contributed by atoms with Gasteiger partial charge in [-0.2, -0.15) is 0 Å². The van der Waals surface area contributed by atoms with Crippen LogP contribution in [-0.2, 0) is 6.42 Å². The van der Waals surface area contributed by atoms with Crippen molar-refractivity contribution < 1.29 is 4.79 Å². The highest BCUT2D eigenvalue weighted by atomic mass is 35.5. The summed E-state index contributed by atoms with van der Waals surface area (Å²) in [6.07, 6.45) is 1.72. The average Bonchev–Trinajstić information content (AvgIpc) is 2.33. The summed E-state index contributed by atoms with van der Waals surface area (Å²) in [6, 6.07) is 8.36. The van der Waals surface area contributed by atoms with E-state index < -0.39 is 0 Å². The van der Waals surface area contributed by atoms with Gasteiger partial charge in [0.15, 0.2) is 5.78 Å². The van der Waals surface area contributed by atoms with Crippen LogP contribution in [0.3, 0.4) is 0 Å². The van der Waals surface area contributed by atoms with E-state index in [1.54, 1.807) is 36.5 Å². The van der Waals surface area contributed by atoms with Crippen LogP contribution >= 0.6 is 23.2 Å². The Morgan fingerprint density at radius 3 is 2.72 bits per heavy atom. The third-order valence-electron chi connectivity index (χ3n) is 2.51. The summed E-state index contributed by atoms with van der Waals surface area (Å²) in [5.74, 6) is 0.109. The van der Waals surface area contributed by atoms with Crippen LogP contribution in [0.25, 0.3) is 0 Å². The van der Waals surface area contributed by atoms with Crippen molar-refractivity contribution in [1.29, 1.82) is 0 Å². The summed E-state index contributed by atoms with van der Waals surface area (Å²) in [6.45, 7) is 0. The van der Waals surface area contributed by atoms with E-state index in [-0.39, 0.29) is 18.0 Å². The number of nitrogen functional groups attached to an aromatic ring is 1. The van der Waals surface area contributed by atoms with Crippen LogP contribution in [0.4, 0.5) is 5.82 Å². The number of hydrogen-bond acceptors (Lipinski definition) is 3. The number of anilines is 1. The van der Waals surface area contributed by atoms with Crippen LogP contribution in [0.1, 0.15) is 15.9 Å². The maximum absolute atomic E-state index is 12.1. The highest BCUT2D eigenvalue weighted by Gasteiger charge is 2.12. The standard InChI is InChI=1S/C13H10Cl2N2O/c14-9-4-3-8(11(15)7-9)6-12(18)10-2-1-5-17-13(10)16/h1-5,7H,6H2,(H2,16,17). The number of carbonyl (C=O) groups excluding carboxylic acids is 1. The van der Waals surface area contributed by atoms with E-state index in [0.717, 1.165) is 0 Å². The zero-order valence-corrected chi connectivity index (χ0v) is 10.9. The number of ketones is 1. The molecule has 0 amide bonds. The Balaban J connectivity index is 2.24. The smallest absolute Gasteiger partial charge is 0.170 e. The first kappa shape index (κ1) is 12.9. The third-order valence-corrected chi connectivity index (χ3v) is 3.09. The van der Waals surface area contributed by atoms with Crippen LogP contribution < -0.4 is 5.73 Å². The van der Waals surface area contributed by atoms with Crippen molar-refractivity contribution in [2.45, 2.75) is 6.42 Å². The fraction of sp³-hybridized carbons (Fsp3) is 0.0769. The lowest BCUT2D eigenvalue weighted by atomic mass is 10.0. The molecule has 0 bridgehead atoms. The van der Waals surface area contributed by atoms with Gasteiger partial charge in [-0.1, -0.05) is 29.3 Å². The number of hydrogen-bond donors (Lipinski definition) is 1. The molecule has 0 aliphatic rings. The molecule has 0 unspecified atom stereocenters. The highest BCUT2D eigenvalue weighted by Crippen LogP contribution is 2.23. The Labute approximate surface area is 115 Å². The molecule has 0 fully saturated rings. The van der Waals surface area contributed by atoms with E-state index in [9.17, 15) is 4.79 Å². The number of halogens is 2. The van der Waals surface area contributed by atoms with Crippen LogP contribution in [0.2, 0.25) is 10.0 Å². The SMILES string of the molecule is Nc1ncccc1C(=O)Cc1ccc(Cl)cc1Cl. The molecule has 0 atom stereocenters. The zero-order valence-electron chi connectivity index (χ0n) is 9.36. The van der Waals surface area contributed by atoms with Crippen molar-refractivity contribution in [3.8, 4) is 0 Å². The number of rotatable bonds is 3. The Morgan fingerprint density at radius 2 is 2.06 bits per heavy atom. The lowest BCUT2D eigenvalue weighted by molar-refractivity contribution is 0.0993. The lowest BCUT2D eigenvalue weighted by Gasteiger charge is -2.05. The van der Waals surface area contributed by atoms with Crippen molar-refractivity contribution in [3.05, 3.63) is 57.7 Å². The van der Waals surface area contributed by atoms with Crippen molar-refractivity contribution in [2.24, 2.45) is 0 Å². The van der Waals surface area contributed by atoms with E-state index in [4.69, 9.17) is 28.9 Å². The second kappa shape index (κ2) is 5.38. The number of aromatic nitrogens is 1. The monoisotopic (exact) mass is 280 g/mol. The summed E-state index contributed by atoms with van der Waals surface area (Å²) in [4.78, 5) is 15.9. The molecule has 0 aliphatic carbocycles. The Morgan fingerprint density at radius 1 is 1.28 bits per heavy atom. The molecule has 2 rings (SSSR count). The fourth-order valence-electron chi connectivity index (χ4n) is 1.59. The van der Waals surface area contributed by atoms with Crippen molar-refractivity contribution >= 4 is 34.8 Å². The second-order valence-corrected chi connectivity index (χ2v) is 4.62. The Bertz CT molecular complexity index is 599. The molecular formula is C13H10Cl2N2O. The van der Waals surface area contributed by atoms with E-state index in [1.165, 1.54) is 0 Å². The first-order valence-electron chi connectivity index (χ1n) is 5.25. The minimum Gasteiger partial charge on any atom is -0.383 e. The second-order valence-electron chi connectivity index (χ2n) is 3.77. The molecule has 0 radical (unpaired) electrons. The minimum atomic E-state index is -0.121. The number of pyridine rings is 1. The number of Topliss-reactive ketones (excluding diaryl/α,β-unsaturated/α-hetero) is 1. The summed E-state index contributed by atoms with van der Waals surface area (Å²) in [5, 5.41) is 1.01. The van der Waals surface area contributed by atoms with Gasteiger partial charge in [0.2, 0.25) is 0 Å². The average molecular weight is 281 g/mol. The largest absolute Gasteiger partial charge is 0.383 e. The normalized spacial score (nSPS) is 10.3. The Hall–Kier alpha value is -1.58. The number of nitrogens with two attached hydrogens (primary N) is 1.